The number of carbonyl (C=O) groups excluding carboxylic acids is 4. The van der Waals surface area contributed by atoms with Crippen molar-refractivity contribution in [1.29, 1.82) is 0 Å². The van der Waals surface area contributed by atoms with Crippen LogP contribution in [0.15, 0.2) is 84.9 Å². The Labute approximate surface area is 351 Å². The van der Waals surface area contributed by atoms with Gasteiger partial charge < -0.3 is 38.6 Å². The van der Waals surface area contributed by atoms with E-state index in [1.807, 2.05) is 44.2 Å². The largest absolute Gasteiger partial charge is 0.493 e. The lowest BCUT2D eigenvalue weighted by molar-refractivity contribution is -0.144. The number of fused-ring (bicyclic) bond motifs is 1. The van der Waals surface area contributed by atoms with E-state index in [1.165, 1.54) is 26.7 Å². The molecule has 4 aromatic carbocycles. The van der Waals surface area contributed by atoms with Gasteiger partial charge in [0.05, 0.1) is 46.1 Å². The number of benzene rings is 4. The number of ether oxygens (including phenoxy) is 6. The summed E-state index contributed by atoms with van der Waals surface area (Å²) in [5.41, 5.74) is 3.26. The predicted molar refractivity (Wildman–Crippen MR) is 225 cm³/mol. The fraction of sp³-hybridized carbons (Fsp3) is 0.391. The fourth-order valence-corrected chi connectivity index (χ4v) is 7.09. The summed E-state index contributed by atoms with van der Waals surface area (Å²) in [7, 11) is 3.04. The standard InChI is InChI=1S/C46H53ClN2O10/c1-7-56-42(52)23-19-32-18-22-38(57-24-12-15-31-13-9-8-10-14-31)36(25-32)48-41(51)27-40-45(53)49(28-46(3,4)29-58-30(2)50)37-21-20-33(47)26-35(37)43(59-40)34-16-11-17-39(54-5)44(34)55-6/h8-11,13-14,16-18,20-22,25-26,40,43H,7,12,15,19,23-24,27-29H2,1-6H3,(H,48,51)/t40-,43-/m1/s1. The van der Waals surface area contributed by atoms with Gasteiger partial charge in [0.2, 0.25) is 5.91 Å². The molecule has 0 aromatic heterocycles. The molecule has 5 rings (SSSR count). The molecule has 12 nitrogen and oxygen atoms in total. The third-order valence-corrected chi connectivity index (χ3v) is 9.93. The zero-order chi connectivity index (χ0) is 42.5. The number of hydrogen-bond acceptors (Lipinski definition) is 10. The number of rotatable bonds is 19. The van der Waals surface area contributed by atoms with E-state index in [9.17, 15) is 19.2 Å². The Morgan fingerprint density at radius 2 is 1.64 bits per heavy atom. The van der Waals surface area contributed by atoms with Crippen LogP contribution in [0.2, 0.25) is 5.02 Å². The van der Waals surface area contributed by atoms with Crippen molar-refractivity contribution in [2.24, 2.45) is 5.41 Å². The SMILES string of the molecule is CCOC(=O)CCc1ccc(OCCCc2ccccc2)c(NC(=O)C[C@H]2O[C@H](c3cccc(OC)c3OC)c3cc(Cl)ccc3N(CC(C)(C)COC(C)=O)C2=O)c1. The molecule has 59 heavy (non-hydrogen) atoms. The third-order valence-electron chi connectivity index (χ3n) is 9.70. The van der Waals surface area contributed by atoms with E-state index in [0.29, 0.717) is 57.8 Å². The number of carbonyl (C=O) groups is 4. The summed E-state index contributed by atoms with van der Waals surface area (Å²) < 4.78 is 34.9. The van der Waals surface area contributed by atoms with Crippen LogP contribution in [0.25, 0.3) is 0 Å². The molecular formula is C46H53ClN2O10. The molecule has 0 radical (unpaired) electrons. The number of halogens is 1. The molecule has 0 unspecified atom stereocenters. The highest BCUT2D eigenvalue weighted by molar-refractivity contribution is 6.30. The van der Waals surface area contributed by atoms with E-state index < -0.39 is 35.4 Å². The van der Waals surface area contributed by atoms with Crippen LogP contribution in [-0.2, 0) is 46.2 Å². The van der Waals surface area contributed by atoms with Gasteiger partial charge >= 0.3 is 11.9 Å². The van der Waals surface area contributed by atoms with E-state index >= 15 is 0 Å². The van der Waals surface area contributed by atoms with Crippen molar-refractivity contribution in [3.63, 3.8) is 0 Å². The van der Waals surface area contributed by atoms with Gasteiger partial charge in [-0.05, 0) is 73.7 Å². The molecule has 2 amide bonds. The maximum absolute atomic E-state index is 14.8. The van der Waals surface area contributed by atoms with Crippen LogP contribution >= 0.6 is 11.6 Å². The lowest BCUT2D eigenvalue weighted by atomic mass is 9.92. The highest BCUT2D eigenvalue weighted by Gasteiger charge is 2.41. The molecule has 4 aromatic rings. The van der Waals surface area contributed by atoms with Gasteiger partial charge in [0, 0.05) is 47.1 Å². The summed E-state index contributed by atoms with van der Waals surface area (Å²) in [6.45, 7) is 7.66. The molecule has 0 spiro atoms. The van der Waals surface area contributed by atoms with Crippen molar-refractivity contribution in [2.75, 3.05) is 50.8 Å². The smallest absolute Gasteiger partial charge is 0.306 e. The Bertz CT molecular complexity index is 2090. The molecule has 2 atom stereocenters. The van der Waals surface area contributed by atoms with Crippen molar-refractivity contribution in [2.45, 2.75) is 72.0 Å². The lowest BCUT2D eigenvalue weighted by Gasteiger charge is -2.33. The predicted octanol–water partition coefficient (Wildman–Crippen LogP) is 8.30. The van der Waals surface area contributed by atoms with E-state index in [-0.39, 0.29) is 38.6 Å². The number of nitrogens with one attached hydrogen (secondary N) is 1. The summed E-state index contributed by atoms with van der Waals surface area (Å²) in [6, 6.07) is 26.0. The Morgan fingerprint density at radius 3 is 2.36 bits per heavy atom. The zero-order valence-electron chi connectivity index (χ0n) is 34.5. The van der Waals surface area contributed by atoms with Gasteiger partial charge in [-0.3, -0.25) is 19.2 Å². The summed E-state index contributed by atoms with van der Waals surface area (Å²) >= 11 is 6.61. The van der Waals surface area contributed by atoms with E-state index in [4.69, 9.17) is 40.0 Å². The fourth-order valence-electron chi connectivity index (χ4n) is 6.91. The monoisotopic (exact) mass is 828 g/mol. The number of esters is 2. The van der Waals surface area contributed by atoms with Crippen LogP contribution in [0.1, 0.15) is 75.3 Å². The van der Waals surface area contributed by atoms with Crippen molar-refractivity contribution in [3.05, 3.63) is 112 Å². The number of anilines is 2. The Balaban J connectivity index is 1.49. The van der Waals surface area contributed by atoms with E-state index in [2.05, 4.69) is 17.4 Å². The lowest BCUT2D eigenvalue weighted by Crippen LogP contribution is -2.46. The van der Waals surface area contributed by atoms with Gasteiger partial charge in [0.1, 0.15) is 18.0 Å². The molecule has 1 aliphatic rings. The molecule has 0 saturated carbocycles. The summed E-state index contributed by atoms with van der Waals surface area (Å²) in [4.78, 5) is 54.6. The minimum Gasteiger partial charge on any atom is -0.493 e. The number of amides is 2. The summed E-state index contributed by atoms with van der Waals surface area (Å²) in [5.74, 6) is -0.494. The van der Waals surface area contributed by atoms with Crippen LogP contribution in [0.3, 0.4) is 0 Å². The molecule has 1 N–H and O–H groups in total. The second kappa shape index (κ2) is 20.9. The first-order valence-electron chi connectivity index (χ1n) is 19.7. The minimum atomic E-state index is -1.31. The highest BCUT2D eigenvalue weighted by Crippen LogP contribution is 2.46. The van der Waals surface area contributed by atoms with Gasteiger partial charge in [0.15, 0.2) is 11.5 Å². The van der Waals surface area contributed by atoms with Crippen molar-refractivity contribution < 1.29 is 47.6 Å². The van der Waals surface area contributed by atoms with Crippen LogP contribution < -0.4 is 24.4 Å². The second-order valence-corrected chi connectivity index (χ2v) is 15.4. The van der Waals surface area contributed by atoms with Gasteiger partial charge in [-0.1, -0.05) is 74.0 Å². The van der Waals surface area contributed by atoms with Gasteiger partial charge in [0.25, 0.3) is 5.91 Å². The average molecular weight is 829 g/mol. The third kappa shape index (κ3) is 12.2. The molecule has 1 heterocycles. The Morgan fingerprint density at radius 1 is 0.864 bits per heavy atom. The normalized spacial score (nSPS) is 15.1. The first-order chi connectivity index (χ1) is 28.3. The Kier molecular flexibility index (Phi) is 15.8. The molecule has 1 aliphatic heterocycles. The van der Waals surface area contributed by atoms with Crippen LogP contribution in [0, 0.1) is 5.41 Å². The van der Waals surface area contributed by atoms with Crippen molar-refractivity contribution >= 4 is 46.7 Å². The van der Waals surface area contributed by atoms with E-state index in [1.54, 1.807) is 54.3 Å². The molecule has 0 fully saturated rings. The van der Waals surface area contributed by atoms with Crippen molar-refractivity contribution in [3.8, 4) is 17.2 Å². The molecule has 0 saturated heterocycles. The number of methoxy groups -OCH3 is 2. The first kappa shape index (κ1) is 44.5. The molecule has 13 heteroatoms. The quantitative estimate of drug-likeness (QED) is 0.0726. The van der Waals surface area contributed by atoms with E-state index in [0.717, 1.165) is 18.4 Å². The Hall–Kier alpha value is -5.59. The number of para-hydroxylation sites is 1. The highest BCUT2D eigenvalue weighted by atomic mass is 35.5. The first-order valence-corrected chi connectivity index (χ1v) is 20.1. The van der Waals surface area contributed by atoms with Gasteiger partial charge in [-0.2, -0.15) is 0 Å². The maximum Gasteiger partial charge on any atom is 0.306 e. The molecular weight excluding hydrogens is 776 g/mol. The van der Waals surface area contributed by atoms with Crippen molar-refractivity contribution in [1.82, 2.24) is 0 Å². The molecule has 314 valence electrons. The van der Waals surface area contributed by atoms with Crippen LogP contribution in [-0.4, -0.2) is 70.4 Å². The average Bonchev–Trinajstić information content (AvgIpc) is 3.31. The summed E-state index contributed by atoms with van der Waals surface area (Å²) in [6.07, 6.45) is -0.557. The van der Waals surface area contributed by atoms with Crippen LogP contribution in [0.4, 0.5) is 11.4 Å². The minimum absolute atomic E-state index is 0.0365. The number of aryl methyl sites for hydroxylation is 2. The molecule has 0 bridgehead atoms. The topological polar surface area (TPSA) is 139 Å². The van der Waals surface area contributed by atoms with Crippen LogP contribution in [0.5, 0.6) is 17.2 Å². The second-order valence-electron chi connectivity index (χ2n) is 15.0. The number of nitrogens with zero attached hydrogens (tertiary/aromatic N) is 1. The summed E-state index contributed by atoms with van der Waals surface area (Å²) in [5, 5.41) is 3.38. The maximum atomic E-state index is 14.8. The number of hydrogen-bond donors (Lipinski definition) is 1. The zero-order valence-corrected chi connectivity index (χ0v) is 35.3. The molecule has 0 aliphatic carbocycles. The van der Waals surface area contributed by atoms with Gasteiger partial charge in [-0.15, -0.1) is 0 Å². The van der Waals surface area contributed by atoms with Gasteiger partial charge in [-0.25, -0.2) is 0 Å².